The Labute approximate surface area is 140 Å². The van der Waals surface area contributed by atoms with Crippen molar-refractivity contribution in [3.05, 3.63) is 29.7 Å². The first-order valence-electron chi connectivity index (χ1n) is 8.68. The number of urea groups is 1. The second kappa shape index (κ2) is 6.62. The van der Waals surface area contributed by atoms with Crippen molar-refractivity contribution >= 4 is 6.03 Å². The van der Waals surface area contributed by atoms with Gasteiger partial charge in [0.25, 0.3) is 0 Å². The average Bonchev–Trinajstić information content (AvgIpc) is 3.29. The summed E-state index contributed by atoms with van der Waals surface area (Å²) in [4.78, 5) is 14.6. The minimum absolute atomic E-state index is 0.00964. The van der Waals surface area contributed by atoms with Gasteiger partial charge in [-0.2, -0.15) is 0 Å². The van der Waals surface area contributed by atoms with E-state index in [2.05, 4.69) is 25.2 Å². The SMILES string of the molecule is O=C(NCc1ccon1)N1CCCC[C@@H]1c1nnc2n1CCCC2. The lowest BCUT2D eigenvalue weighted by molar-refractivity contribution is 0.144. The van der Waals surface area contributed by atoms with Crippen LogP contribution in [0.2, 0.25) is 0 Å². The molecular formula is C16H22N6O2. The lowest BCUT2D eigenvalue weighted by Crippen LogP contribution is -2.45. The first kappa shape index (κ1) is 15.2. The lowest BCUT2D eigenvalue weighted by atomic mass is 10.0. The summed E-state index contributed by atoms with van der Waals surface area (Å²) in [5.74, 6) is 2.01. The smallest absolute Gasteiger partial charge is 0.318 e. The quantitative estimate of drug-likeness (QED) is 0.930. The van der Waals surface area contributed by atoms with E-state index in [1.165, 1.54) is 12.7 Å². The van der Waals surface area contributed by atoms with Crippen molar-refractivity contribution in [3.8, 4) is 0 Å². The van der Waals surface area contributed by atoms with E-state index in [9.17, 15) is 4.79 Å². The molecule has 0 spiro atoms. The van der Waals surface area contributed by atoms with Gasteiger partial charge in [-0.25, -0.2) is 4.79 Å². The van der Waals surface area contributed by atoms with Crippen molar-refractivity contribution in [2.75, 3.05) is 6.54 Å². The molecule has 1 saturated heterocycles. The Bertz CT molecular complexity index is 695. The first-order valence-corrected chi connectivity index (χ1v) is 8.68. The Morgan fingerprint density at radius 3 is 3.04 bits per heavy atom. The van der Waals surface area contributed by atoms with E-state index in [-0.39, 0.29) is 12.1 Å². The number of fused-ring (bicyclic) bond motifs is 1. The maximum Gasteiger partial charge on any atom is 0.318 e. The van der Waals surface area contributed by atoms with E-state index in [0.717, 1.165) is 62.5 Å². The van der Waals surface area contributed by atoms with Crippen LogP contribution in [-0.4, -0.2) is 37.4 Å². The molecule has 1 N–H and O–H groups in total. The molecule has 24 heavy (non-hydrogen) atoms. The highest BCUT2D eigenvalue weighted by Gasteiger charge is 2.32. The number of piperidine rings is 1. The van der Waals surface area contributed by atoms with Crippen LogP contribution in [-0.2, 0) is 19.5 Å². The third-order valence-corrected chi connectivity index (χ3v) is 4.86. The highest BCUT2D eigenvalue weighted by molar-refractivity contribution is 5.74. The fourth-order valence-corrected chi connectivity index (χ4v) is 3.62. The van der Waals surface area contributed by atoms with Crippen LogP contribution in [0, 0.1) is 0 Å². The number of aryl methyl sites for hydroxylation is 1. The Kier molecular flexibility index (Phi) is 4.18. The zero-order valence-electron chi connectivity index (χ0n) is 13.6. The summed E-state index contributed by atoms with van der Waals surface area (Å²) < 4.78 is 7.02. The molecule has 4 rings (SSSR count). The second-order valence-corrected chi connectivity index (χ2v) is 6.44. The fraction of sp³-hybridized carbons (Fsp3) is 0.625. The summed E-state index contributed by atoms with van der Waals surface area (Å²) in [5.41, 5.74) is 0.719. The second-order valence-electron chi connectivity index (χ2n) is 6.44. The average molecular weight is 330 g/mol. The van der Waals surface area contributed by atoms with Crippen molar-refractivity contribution in [2.24, 2.45) is 0 Å². The normalized spacial score (nSPS) is 20.7. The van der Waals surface area contributed by atoms with E-state index in [1.807, 2.05) is 4.90 Å². The lowest BCUT2D eigenvalue weighted by Gasteiger charge is -2.35. The number of likely N-dealkylation sites (tertiary alicyclic amines) is 1. The van der Waals surface area contributed by atoms with Gasteiger partial charge >= 0.3 is 6.03 Å². The van der Waals surface area contributed by atoms with Crippen molar-refractivity contribution in [1.82, 2.24) is 30.1 Å². The third-order valence-electron chi connectivity index (χ3n) is 4.86. The number of rotatable bonds is 3. The Morgan fingerprint density at radius 1 is 1.25 bits per heavy atom. The summed E-state index contributed by atoms with van der Waals surface area (Å²) in [7, 11) is 0. The van der Waals surface area contributed by atoms with Gasteiger partial charge in [-0.05, 0) is 32.1 Å². The van der Waals surface area contributed by atoms with Crippen LogP contribution in [0.25, 0.3) is 0 Å². The standard InChI is InChI=1S/C16H22N6O2/c23-16(17-11-12-7-10-24-20-12)21-8-3-1-5-13(21)15-19-18-14-6-2-4-9-22(14)15/h7,10,13H,1-6,8-9,11H2,(H,17,23)/t13-/m1/s1. The molecular weight excluding hydrogens is 308 g/mol. The monoisotopic (exact) mass is 330 g/mol. The van der Waals surface area contributed by atoms with Gasteiger partial charge in [0.2, 0.25) is 0 Å². The van der Waals surface area contributed by atoms with Gasteiger partial charge < -0.3 is 19.3 Å². The zero-order chi connectivity index (χ0) is 16.4. The number of carbonyl (C=O) groups is 1. The summed E-state index contributed by atoms with van der Waals surface area (Å²) in [5, 5.41) is 15.5. The van der Waals surface area contributed by atoms with Crippen LogP contribution in [0.3, 0.4) is 0 Å². The van der Waals surface area contributed by atoms with Gasteiger partial charge in [-0.15, -0.1) is 10.2 Å². The predicted molar refractivity (Wildman–Crippen MR) is 85.0 cm³/mol. The van der Waals surface area contributed by atoms with Crippen LogP contribution in [0.15, 0.2) is 16.9 Å². The molecule has 8 nitrogen and oxygen atoms in total. The third kappa shape index (κ3) is 2.88. The fourth-order valence-electron chi connectivity index (χ4n) is 3.62. The molecule has 2 aliphatic rings. The highest BCUT2D eigenvalue weighted by Crippen LogP contribution is 2.31. The van der Waals surface area contributed by atoms with Gasteiger partial charge in [-0.3, -0.25) is 0 Å². The molecule has 2 aromatic heterocycles. The molecule has 4 heterocycles. The zero-order valence-corrected chi connectivity index (χ0v) is 13.6. The van der Waals surface area contributed by atoms with E-state index in [1.54, 1.807) is 6.07 Å². The van der Waals surface area contributed by atoms with Gasteiger partial charge in [0, 0.05) is 25.6 Å². The van der Waals surface area contributed by atoms with Crippen molar-refractivity contribution in [3.63, 3.8) is 0 Å². The minimum atomic E-state index is -0.0733. The molecule has 0 saturated carbocycles. The summed E-state index contributed by atoms with van der Waals surface area (Å²) >= 11 is 0. The minimum Gasteiger partial charge on any atom is -0.364 e. The molecule has 0 radical (unpaired) electrons. The molecule has 2 aliphatic heterocycles. The predicted octanol–water partition coefficient (Wildman–Crippen LogP) is 2.04. The molecule has 1 fully saturated rings. The summed E-state index contributed by atoms with van der Waals surface area (Å²) in [6, 6.07) is 1.69. The number of amides is 2. The number of nitrogens with zero attached hydrogens (tertiary/aromatic N) is 5. The van der Waals surface area contributed by atoms with Gasteiger partial charge in [-0.1, -0.05) is 5.16 Å². The van der Waals surface area contributed by atoms with E-state index in [4.69, 9.17) is 4.52 Å². The molecule has 0 aromatic carbocycles. The number of nitrogens with one attached hydrogen (secondary N) is 1. The van der Waals surface area contributed by atoms with E-state index >= 15 is 0 Å². The number of aromatic nitrogens is 4. The number of hydrogen-bond donors (Lipinski definition) is 1. The van der Waals surface area contributed by atoms with Gasteiger partial charge in [0.1, 0.15) is 17.8 Å². The molecule has 0 bridgehead atoms. The molecule has 2 amide bonds. The largest absolute Gasteiger partial charge is 0.364 e. The molecule has 0 unspecified atom stereocenters. The van der Waals surface area contributed by atoms with Gasteiger partial charge in [0.05, 0.1) is 12.6 Å². The number of carbonyl (C=O) groups excluding carboxylic acids is 1. The topological polar surface area (TPSA) is 89.1 Å². The maximum atomic E-state index is 12.7. The number of hydrogen-bond acceptors (Lipinski definition) is 5. The summed E-state index contributed by atoms with van der Waals surface area (Å²) in [6.45, 7) is 2.08. The van der Waals surface area contributed by atoms with Crippen LogP contribution in [0.4, 0.5) is 4.79 Å². The van der Waals surface area contributed by atoms with Crippen LogP contribution >= 0.6 is 0 Å². The highest BCUT2D eigenvalue weighted by atomic mass is 16.5. The molecule has 0 aliphatic carbocycles. The first-order chi connectivity index (χ1) is 11.8. The van der Waals surface area contributed by atoms with Crippen molar-refractivity contribution in [2.45, 2.75) is 57.7 Å². The van der Waals surface area contributed by atoms with Crippen molar-refractivity contribution in [1.29, 1.82) is 0 Å². The van der Waals surface area contributed by atoms with Crippen LogP contribution in [0.1, 0.15) is 55.5 Å². The molecule has 2 aromatic rings. The van der Waals surface area contributed by atoms with Crippen LogP contribution in [0.5, 0.6) is 0 Å². The summed E-state index contributed by atoms with van der Waals surface area (Å²) in [6.07, 6.45) is 7.89. The van der Waals surface area contributed by atoms with Gasteiger partial charge in [0.15, 0.2) is 5.82 Å². The van der Waals surface area contributed by atoms with E-state index < -0.39 is 0 Å². The van der Waals surface area contributed by atoms with Crippen LogP contribution < -0.4 is 5.32 Å². The Balaban J connectivity index is 1.50. The van der Waals surface area contributed by atoms with Crippen molar-refractivity contribution < 1.29 is 9.32 Å². The molecule has 8 heteroatoms. The Morgan fingerprint density at radius 2 is 2.17 bits per heavy atom. The van der Waals surface area contributed by atoms with E-state index in [0.29, 0.717) is 6.54 Å². The maximum absolute atomic E-state index is 12.7. The molecule has 1 atom stereocenters. The molecule has 128 valence electrons. The Hall–Kier alpha value is -2.38.